The van der Waals surface area contributed by atoms with Gasteiger partial charge in [-0.3, -0.25) is 4.79 Å². The van der Waals surface area contributed by atoms with E-state index in [-0.39, 0.29) is 17.3 Å². The summed E-state index contributed by atoms with van der Waals surface area (Å²) in [6.07, 6.45) is 3.17. The van der Waals surface area contributed by atoms with Crippen LogP contribution in [0.15, 0.2) is 94.2 Å². The van der Waals surface area contributed by atoms with Gasteiger partial charge in [0.25, 0.3) is 5.78 Å². The van der Waals surface area contributed by atoms with Gasteiger partial charge in [0.1, 0.15) is 0 Å². The number of carbonyl (C=O) groups is 1. The maximum atomic E-state index is 12.5. The Balaban J connectivity index is 1.61. The van der Waals surface area contributed by atoms with E-state index in [0.717, 1.165) is 22.3 Å². The summed E-state index contributed by atoms with van der Waals surface area (Å²) in [4.78, 5) is 12.5. The molecule has 0 aliphatic carbocycles. The second-order valence-electron chi connectivity index (χ2n) is 5.46. The molecule has 0 aliphatic heterocycles. The lowest BCUT2D eigenvalue weighted by atomic mass is 10.1. The first-order valence-corrected chi connectivity index (χ1v) is 7.64. The van der Waals surface area contributed by atoms with E-state index < -0.39 is 0 Å². The molecule has 0 atom stereocenters. The molecule has 2 aromatic heterocycles. The monoisotopic (exact) mass is 314 g/mol. The fourth-order valence-electron chi connectivity index (χ4n) is 2.60. The highest BCUT2D eigenvalue weighted by atomic mass is 16.4. The standard InChI is InChI=1S/C21H14O3/c22-21(19-11-17(13-23-19)15-7-3-1-4-8-15)20-12-18(14-24-20)16-9-5-2-6-10-16/h1-14H. The van der Waals surface area contributed by atoms with E-state index >= 15 is 0 Å². The molecular weight excluding hydrogens is 300 g/mol. The van der Waals surface area contributed by atoms with Crippen molar-refractivity contribution in [2.24, 2.45) is 0 Å². The van der Waals surface area contributed by atoms with E-state index in [1.807, 2.05) is 60.7 Å². The van der Waals surface area contributed by atoms with Gasteiger partial charge in [-0.25, -0.2) is 0 Å². The van der Waals surface area contributed by atoms with Crippen LogP contribution in [0, 0.1) is 0 Å². The summed E-state index contributed by atoms with van der Waals surface area (Å²) in [5.41, 5.74) is 3.75. The Kier molecular flexibility index (Phi) is 3.60. The van der Waals surface area contributed by atoms with E-state index in [4.69, 9.17) is 8.83 Å². The molecule has 0 spiro atoms. The molecule has 0 aliphatic rings. The van der Waals surface area contributed by atoms with Crippen LogP contribution < -0.4 is 0 Å². The lowest BCUT2D eigenvalue weighted by Gasteiger charge is -1.94. The zero-order chi connectivity index (χ0) is 16.4. The van der Waals surface area contributed by atoms with Crippen LogP contribution in [0.3, 0.4) is 0 Å². The van der Waals surface area contributed by atoms with Gasteiger partial charge in [0, 0.05) is 11.1 Å². The van der Waals surface area contributed by atoms with Crippen LogP contribution in [0.5, 0.6) is 0 Å². The van der Waals surface area contributed by atoms with Gasteiger partial charge >= 0.3 is 0 Å². The van der Waals surface area contributed by atoms with Crippen LogP contribution in [0.2, 0.25) is 0 Å². The number of rotatable bonds is 4. The summed E-state index contributed by atoms with van der Waals surface area (Å²) in [6, 6.07) is 23.0. The van der Waals surface area contributed by atoms with Gasteiger partial charge in [-0.1, -0.05) is 60.7 Å². The first kappa shape index (κ1) is 14.3. The Morgan fingerprint density at radius 3 is 1.42 bits per heavy atom. The normalized spacial score (nSPS) is 10.7. The molecule has 24 heavy (non-hydrogen) atoms. The number of hydrogen-bond acceptors (Lipinski definition) is 3. The van der Waals surface area contributed by atoms with E-state index in [0.29, 0.717) is 0 Å². The van der Waals surface area contributed by atoms with Crippen LogP contribution in [-0.4, -0.2) is 5.78 Å². The van der Waals surface area contributed by atoms with Crippen molar-refractivity contribution in [1.29, 1.82) is 0 Å². The van der Waals surface area contributed by atoms with Gasteiger partial charge in [0.05, 0.1) is 12.5 Å². The molecule has 4 aromatic rings. The van der Waals surface area contributed by atoms with Gasteiger partial charge in [-0.15, -0.1) is 0 Å². The summed E-state index contributed by atoms with van der Waals surface area (Å²) in [7, 11) is 0. The number of benzene rings is 2. The number of carbonyl (C=O) groups excluding carboxylic acids is 1. The van der Waals surface area contributed by atoms with Crippen molar-refractivity contribution < 1.29 is 13.6 Å². The van der Waals surface area contributed by atoms with E-state index in [9.17, 15) is 4.79 Å². The summed E-state index contributed by atoms with van der Waals surface area (Å²) < 4.78 is 10.9. The smallest absolute Gasteiger partial charge is 0.263 e. The van der Waals surface area contributed by atoms with E-state index in [1.165, 1.54) is 0 Å². The van der Waals surface area contributed by atoms with Crippen LogP contribution in [0.4, 0.5) is 0 Å². The molecule has 4 rings (SSSR count). The average molecular weight is 314 g/mol. The van der Waals surface area contributed by atoms with Gasteiger partial charge in [0.15, 0.2) is 11.5 Å². The Labute approximate surface area is 139 Å². The third kappa shape index (κ3) is 2.68. The zero-order valence-corrected chi connectivity index (χ0v) is 12.8. The fourth-order valence-corrected chi connectivity index (χ4v) is 2.60. The number of ketones is 1. The van der Waals surface area contributed by atoms with Crippen molar-refractivity contribution in [2.75, 3.05) is 0 Å². The molecule has 0 saturated heterocycles. The topological polar surface area (TPSA) is 43.4 Å². The van der Waals surface area contributed by atoms with Crippen LogP contribution in [0.25, 0.3) is 22.3 Å². The lowest BCUT2D eigenvalue weighted by molar-refractivity contribution is 0.0983. The Morgan fingerprint density at radius 1 is 0.583 bits per heavy atom. The molecule has 0 saturated carbocycles. The number of furan rings is 2. The number of hydrogen-bond donors (Lipinski definition) is 0. The molecule has 0 bridgehead atoms. The largest absolute Gasteiger partial charge is 0.460 e. The van der Waals surface area contributed by atoms with E-state index in [2.05, 4.69) is 0 Å². The highest BCUT2D eigenvalue weighted by Gasteiger charge is 2.18. The van der Waals surface area contributed by atoms with Crippen molar-refractivity contribution in [2.45, 2.75) is 0 Å². The molecule has 116 valence electrons. The molecule has 2 heterocycles. The fraction of sp³-hybridized carbons (Fsp3) is 0. The first-order chi connectivity index (χ1) is 11.8. The Hall–Kier alpha value is -3.33. The maximum absolute atomic E-state index is 12.5. The van der Waals surface area contributed by atoms with Gasteiger partial charge < -0.3 is 8.83 Å². The molecule has 0 unspecified atom stereocenters. The highest BCUT2D eigenvalue weighted by molar-refractivity contribution is 6.06. The van der Waals surface area contributed by atoms with E-state index in [1.54, 1.807) is 24.7 Å². The van der Waals surface area contributed by atoms with Crippen LogP contribution >= 0.6 is 0 Å². The maximum Gasteiger partial charge on any atom is 0.263 e. The summed E-state index contributed by atoms with van der Waals surface area (Å²) in [6.45, 7) is 0. The summed E-state index contributed by atoms with van der Waals surface area (Å²) in [5, 5.41) is 0. The molecule has 0 N–H and O–H groups in total. The molecule has 0 radical (unpaired) electrons. The highest BCUT2D eigenvalue weighted by Crippen LogP contribution is 2.26. The summed E-state index contributed by atoms with van der Waals surface area (Å²) in [5.74, 6) is 0.269. The van der Waals surface area contributed by atoms with Crippen molar-refractivity contribution in [3.05, 3.63) is 96.8 Å². The molecule has 0 fully saturated rings. The summed E-state index contributed by atoms with van der Waals surface area (Å²) >= 11 is 0. The Bertz CT molecular complexity index is 883. The molecule has 2 aromatic carbocycles. The molecule has 0 amide bonds. The van der Waals surface area contributed by atoms with Crippen LogP contribution in [-0.2, 0) is 0 Å². The molecule has 3 heteroatoms. The molecule has 3 nitrogen and oxygen atoms in total. The average Bonchev–Trinajstić information content (AvgIpc) is 3.33. The Morgan fingerprint density at radius 2 is 1.00 bits per heavy atom. The predicted molar refractivity (Wildman–Crippen MR) is 91.7 cm³/mol. The van der Waals surface area contributed by atoms with Crippen molar-refractivity contribution in [3.8, 4) is 22.3 Å². The minimum atomic E-state index is -0.264. The van der Waals surface area contributed by atoms with Crippen molar-refractivity contribution in [3.63, 3.8) is 0 Å². The quantitative estimate of drug-likeness (QED) is 0.471. The minimum Gasteiger partial charge on any atom is -0.460 e. The first-order valence-electron chi connectivity index (χ1n) is 7.64. The third-order valence-electron chi connectivity index (χ3n) is 3.86. The second kappa shape index (κ2) is 6.05. The van der Waals surface area contributed by atoms with Gasteiger partial charge in [0.2, 0.25) is 0 Å². The van der Waals surface area contributed by atoms with Crippen LogP contribution in [0.1, 0.15) is 16.3 Å². The van der Waals surface area contributed by atoms with Gasteiger partial charge in [-0.2, -0.15) is 0 Å². The SMILES string of the molecule is O=C(c1cc(-c2ccccc2)co1)c1cc(-c2ccccc2)co1. The molecular formula is C21H14O3. The zero-order valence-electron chi connectivity index (χ0n) is 12.8. The second-order valence-corrected chi connectivity index (χ2v) is 5.46. The minimum absolute atomic E-state index is 0.264. The van der Waals surface area contributed by atoms with Gasteiger partial charge in [-0.05, 0) is 23.3 Å². The predicted octanol–water partition coefficient (Wildman–Crippen LogP) is 5.44. The van der Waals surface area contributed by atoms with Crippen molar-refractivity contribution >= 4 is 5.78 Å². The van der Waals surface area contributed by atoms with Crippen molar-refractivity contribution in [1.82, 2.24) is 0 Å². The third-order valence-corrected chi connectivity index (χ3v) is 3.86. The lowest BCUT2D eigenvalue weighted by Crippen LogP contribution is -1.96.